The van der Waals surface area contributed by atoms with Crippen molar-refractivity contribution in [2.75, 3.05) is 4.90 Å². The van der Waals surface area contributed by atoms with Crippen molar-refractivity contribution in [2.45, 2.75) is 6.23 Å². The minimum Gasteiger partial charge on any atom is -0.478 e. The van der Waals surface area contributed by atoms with Gasteiger partial charge in [-0.05, 0) is 24.3 Å². The van der Waals surface area contributed by atoms with E-state index in [1.807, 2.05) is 0 Å². The third-order valence-electron chi connectivity index (χ3n) is 3.30. The number of benzene rings is 2. The van der Waals surface area contributed by atoms with Crippen LogP contribution in [0.4, 0.5) is 5.69 Å². The molecule has 0 bridgehead atoms. The van der Waals surface area contributed by atoms with Crippen LogP contribution in [0.1, 0.15) is 32.5 Å². The number of anilines is 1. The van der Waals surface area contributed by atoms with Gasteiger partial charge in [0.2, 0.25) is 0 Å². The standard InChI is InChI=1S/C15H11NO4/c17-13-11-6-1-2-7-12(11)14(18)16(13)10-5-3-4-9(8-10)15(19)20/h1-8,13,17H,(H,19,20)/t13-/m1/s1. The fraction of sp³-hybridized carbons (Fsp3) is 0.0667. The summed E-state index contributed by atoms with van der Waals surface area (Å²) in [4.78, 5) is 24.5. The molecule has 0 saturated carbocycles. The molecule has 3 rings (SSSR count). The van der Waals surface area contributed by atoms with E-state index in [2.05, 4.69) is 0 Å². The number of carbonyl (C=O) groups excluding carboxylic acids is 1. The number of aromatic carboxylic acids is 1. The van der Waals surface area contributed by atoms with Crippen LogP contribution in [0.2, 0.25) is 0 Å². The molecule has 0 saturated heterocycles. The summed E-state index contributed by atoms with van der Waals surface area (Å²) in [5.74, 6) is -1.42. The third kappa shape index (κ3) is 1.76. The van der Waals surface area contributed by atoms with Gasteiger partial charge >= 0.3 is 5.97 Å². The first-order valence-electron chi connectivity index (χ1n) is 6.03. The molecular weight excluding hydrogens is 258 g/mol. The van der Waals surface area contributed by atoms with Crippen LogP contribution in [-0.4, -0.2) is 22.1 Å². The number of carboxylic acid groups (broad SMARTS) is 1. The molecule has 0 aromatic heterocycles. The summed E-state index contributed by atoms with van der Waals surface area (Å²) in [6.07, 6.45) is -1.09. The van der Waals surface area contributed by atoms with E-state index in [9.17, 15) is 14.7 Å². The molecule has 100 valence electrons. The Morgan fingerprint density at radius 3 is 2.55 bits per heavy atom. The van der Waals surface area contributed by atoms with Crippen LogP contribution in [0, 0.1) is 0 Å². The Morgan fingerprint density at radius 1 is 1.10 bits per heavy atom. The van der Waals surface area contributed by atoms with Crippen molar-refractivity contribution < 1.29 is 19.8 Å². The highest BCUT2D eigenvalue weighted by molar-refractivity contribution is 6.11. The number of rotatable bonds is 2. The van der Waals surface area contributed by atoms with Crippen molar-refractivity contribution in [3.05, 3.63) is 65.2 Å². The highest BCUT2D eigenvalue weighted by Crippen LogP contribution is 2.35. The van der Waals surface area contributed by atoms with Crippen molar-refractivity contribution in [1.29, 1.82) is 0 Å². The molecule has 0 unspecified atom stereocenters. The van der Waals surface area contributed by atoms with E-state index < -0.39 is 12.2 Å². The number of amides is 1. The first-order valence-corrected chi connectivity index (χ1v) is 6.03. The van der Waals surface area contributed by atoms with Crippen molar-refractivity contribution in [3.63, 3.8) is 0 Å². The molecule has 1 heterocycles. The number of fused-ring (bicyclic) bond motifs is 1. The van der Waals surface area contributed by atoms with Crippen LogP contribution >= 0.6 is 0 Å². The second-order valence-electron chi connectivity index (χ2n) is 4.49. The topological polar surface area (TPSA) is 77.8 Å². The zero-order valence-corrected chi connectivity index (χ0v) is 10.4. The molecule has 1 aliphatic heterocycles. The highest BCUT2D eigenvalue weighted by atomic mass is 16.4. The normalized spacial score (nSPS) is 17.1. The molecule has 5 nitrogen and oxygen atoms in total. The molecule has 1 aliphatic rings. The largest absolute Gasteiger partial charge is 0.478 e. The van der Waals surface area contributed by atoms with Gasteiger partial charge in [-0.15, -0.1) is 0 Å². The van der Waals surface area contributed by atoms with Gasteiger partial charge in [0, 0.05) is 16.8 Å². The third-order valence-corrected chi connectivity index (χ3v) is 3.30. The maximum Gasteiger partial charge on any atom is 0.335 e. The zero-order chi connectivity index (χ0) is 14.3. The van der Waals surface area contributed by atoms with Gasteiger partial charge in [0.15, 0.2) is 6.23 Å². The van der Waals surface area contributed by atoms with E-state index >= 15 is 0 Å². The van der Waals surface area contributed by atoms with E-state index in [0.717, 1.165) is 0 Å². The molecule has 0 fully saturated rings. The number of hydrogen-bond donors (Lipinski definition) is 2. The van der Waals surface area contributed by atoms with Crippen LogP contribution in [0.25, 0.3) is 0 Å². The quantitative estimate of drug-likeness (QED) is 0.874. The molecule has 1 atom stereocenters. The van der Waals surface area contributed by atoms with Crippen molar-refractivity contribution in [1.82, 2.24) is 0 Å². The summed E-state index contributed by atoms with van der Waals surface area (Å²) in [7, 11) is 0. The first kappa shape index (κ1) is 12.4. The maximum atomic E-state index is 12.3. The first-order chi connectivity index (χ1) is 9.59. The van der Waals surface area contributed by atoms with Crippen LogP contribution in [0.15, 0.2) is 48.5 Å². The molecule has 20 heavy (non-hydrogen) atoms. The number of carbonyl (C=O) groups is 2. The average Bonchev–Trinajstić information content (AvgIpc) is 2.72. The number of nitrogens with zero attached hydrogens (tertiary/aromatic N) is 1. The number of carboxylic acids is 1. The second kappa shape index (κ2) is 4.47. The monoisotopic (exact) mass is 269 g/mol. The molecule has 0 radical (unpaired) electrons. The molecular formula is C15H11NO4. The molecule has 2 aromatic carbocycles. The minimum absolute atomic E-state index is 0.0680. The van der Waals surface area contributed by atoms with Crippen LogP contribution < -0.4 is 4.90 Å². The van der Waals surface area contributed by atoms with Crippen molar-refractivity contribution >= 4 is 17.6 Å². The van der Waals surface area contributed by atoms with Gasteiger partial charge in [0.1, 0.15) is 0 Å². The highest BCUT2D eigenvalue weighted by Gasteiger charge is 2.36. The Morgan fingerprint density at radius 2 is 1.85 bits per heavy atom. The lowest BCUT2D eigenvalue weighted by atomic mass is 10.1. The summed E-state index contributed by atoms with van der Waals surface area (Å²) in [6, 6.07) is 12.7. The summed E-state index contributed by atoms with van der Waals surface area (Å²) in [5.41, 5.74) is 1.39. The van der Waals surface area contributed by atoms with Crippen LogP contribution in [0.5, 0.6) is 0 Å². The molecule has 5 heteroatoms. The summed E-state index contributed by atoms with van der Waals surface area (Å²) in [6.45, 7) is 0. The zero-order valence-electron chi connectivity index (χ0n) is 10.4. The van der Waals surface area contributed by atoms with E-state index in [0.29, 0.717) is 16.8 Å². The van der Waals surface area contributed by atoms with E-state index in [-0.39, 0.29) is 11.5 Å². The number of aliphatic hydroxyl groups excluding tert-OH is 1. The number of hydrogen-bond acceptors (Lipinski definition) is 3. The van der Waals surface area contributed by atoms with Crippen molar-refractivity contribution in [2.24, 2.45) is 0 Å². The lowest BCUT2D eigenvalue weighted by Gasteiger charge is -2.21. The smallest absolute Gasteiger partial charge is 0.335 e. The SMILES string of the molecule is O=C(O)c1cccc(N2C(=O)c3ccccc3[C@H]2O)c1. The van der Waals surface area contributed by atoms with Gasteiger partial charge in [0.05, 0.1) is 5.56 Å². The summed E-state index contributed by atoms with van der Waals surface area (Å²) in [5, 5.41) is 19.2. The second-order valence-corrected chi connectivity index (χ2v) is 4.49. The molecule has 1 amide bonds. The van der Waals surface area contributed by atoms with Crippen LogP contribution in [-0.2, 0) is 0 Å². The predicted molar refractivity (Wildman–Crippen MR) is 71.6 cm³/mol. The fourth-order valence-electron chi connectivity index (χ4n) is 2.34. The molecule has 2 aromatic rings. The van der Waals surface area contributed by atoms with E-state index in [1.54, 1.807) is 36.4 Å². The lowest BCUT2D eigenvalue weighted by Crippen LogP contribution is -2.27. The molecule has 0 spiro atoms. The van der Waals surface area contributed by atoms with Gasteiger partial charge in [0.25, 0.3) is 5.91 Å². The Bertz CT molecular complexity index is 711. The van der Waals surface area contributed by atoms with Crippen molar-refractivity contribution in [3.8, 4) is 0 Å². The number of aliphatic hydroxyl groups is 1. The fourth-order valence-corrected chi connectivity index (χ4v) is 2.34. The summed E-state index contributed by atoms with van der Waals surface area (Å²) >= 11 is 0. The van der Waals surface area contributed by atoms with Gasteiger partial charge in [-0.25, -0.2) is 4.79 Å². The van der Waals surface area contributed by atoms with Gasteiger partial charge < -0.3 is 10.2 Å². The molecule has 2 N–H and O–H groups in total. The predicted octanol–water partition coefficient (Wildman–Crippen LogP) is 2.04. The summed E-state index contributed by atoms with van der Waals surface area (Å²) < 4.78 is 0. The molecule has 0 aliphatic carbocycles. The Hall–Kier alpha value is -2.66. The Kier molecular flexibility index (Phi) is 2.76. The van der Waals surface area contributed by atoms with Gasteiger partial charge in [-0.1, -0.05) is 24.3 Å². The lowest BCUT2D eigenvalue weighted by molar-refractivity contribution is 0.0696. The van der Waals surface area contributed by atoms with Crippen LogP contribution in [0.3, 0.4) is 0 Å². The van der Waals surface area contributed by atoms with Gasteiger partial charge in [-0.2, -0.15) is 0 Å². The average molecular weight is 269 g/mol. The minimum atomic E-state index is -1.09. The van der Waals surface area contributed by atoms with E-state index in [1.165, 1.54) is 17.0 Å². The Balaban J connectivity index is 2.07. The maximum absolute atomic E-state index is 12.3. The Labute approximate surface area is 114 Å². The van der Waals surface area contributed by atoms with Gasteiger partial charge in [-0.3, -0.25) is 9.69 Å². The van der Waals surface area contributed by atoms with E-state index in [4.69, 9.17) is 5.11 Å².